The van der Waals surface area contributed by atoms with Crippen molar-refractivity contribution < 1.29 is 9.18 Å². The first-order chi connectivity index (χ1) is 11.1. The first-order valence-electron chi connectivity index (χ1n) is 7.83. The fourth-order valence-electron chi connectivity index (χ4n) is 2.90. The molecule has 1 aromatic carbocycles. The third-order valence-electron chi connectivity index (χ3n) is 4.52. The highest BCUT2D eigenvalue weighted by atomic mass is 19.1. The molecule has 0 saturated heterocycles. The summed E-state index contributed by atoms with van der Waals surface area (Å²) in [7, 11) is 0. The molecule has 2 aromatic rings. The molecule has 4 nitrogen and oxygen atoms in total. The molecule has 3 N–H and O–H groups in total. The van der Waals surface area contributed by atoms with Gasteiger partial charge in [0.25, 0.3) is 0 Å². The van der Waals surface area contributed by atoms with Gasteiger partial charge in [-0.05, 0) is 48.1 Å². The van der Waals surface area contributed by atoms with E-state index in [2.05, 4.69) is 10.3 Å². The molecule has 1 saturated carbocycles. The molecule has 0 radical (unpaired) electrons. The number of anilines is 1. The maximum Gasteiger partial charge on any atom is 0.211 e. The third-order valence-corrected chi connectivity index (χ3v) is 4.52. The van der Waals surface area contributed by atoms with Gasteiger partial charge in [-0.25, -0.2) is 4.39 Å². The van der Waals surface area contributed by atoms with E-state index in [0.29, 0.717) is 6.41 Å². The van der Waals surface area contributed by atoms with Gasteiger partial charge >= 0.3 is 0 Å². The average Bonchev–Trinajstić information content (AvgIpc) is 3.40. The zero-order valence-electron chi connectivity index (χ0n) is 12.8. The Kier molecular flexibility index (Phi) is 4.39. The lowest BCUT2D eigenvalue weighted by molar-refractivity contribution is -0.105. The van der Waals surface area contributed by atoms with Crippen LogP contribution in [0.4, 0.5) is 10.1 Å². The summed E-state index contributed by atoms with van der Waals surface area (Å²) >= 11 is 0. The number of aromatic nitrogens is 1. The van der Waals surface area contributed by atoms with Crippen LogP contribution in [0.2, 0.25) is 0 Å². The van der Waals surface area contributed by atoms with Crippen molar-refractivity contribution in [1.82, 2.24) is 4.98 Å². The van der Waals surface area contributed by atoms with E-state index in [4.69, 9.17) is 5.73 Å². The standard InChI is InChI=1S/C18H20FN3O/c19-16-6-5-14(10-17(16)22-12-23)18(20,8-7-13-3-4-13)15-2-1-9-21-11-15/h1-2,5-6,9-13H,3-4,7-8,20H2,(H,22,23). The highest BCUT2D eigenvalue weighted by Crippen LogP contribution is 2.40. The van der Waals surface area contributed by atoms with Crippen LogP contribution in [0, 0.1) is 11.7 Å². The predicted molar refractivity (Wildman–Crippen MR) is 87.2 cm³/mol. The summed E-state index contributed by atoms with van der Waals surface area (Å²) in [6.07, 6.45) is 8.22. The molecule has 0 bridgehead atoms. The largest absolute Gasteiger partial charge is 0.326 e. The summed E-state index contributed by atoms with van der Waals surface area (Å²) in [6, 6.07) is 8.43. The zero-order chi connectivity index (χ0) is 16.3. The Bertz CT molecular complexity index is 688. The van der Waals surface area contributed by atoms with Crippen LogP contribution < -0.4 is 11.1 Å². The second-order valence-electron chi connectivity index (χ2n) is 6.15. The summed E-state index contributed by atoms with van der Waals surface area (Å²) < 4.78 is 13.8. The number of carbonyl (C=O) groups excluding carboxylic acids is 1. The Morgan fingerprint density at radius 1 is 1.35 bits per heavy atom. The van der Waals surface area contributed by atoms with E-state index in [0.717, 1.165) is 29.9 Å². The summed E-state index contributed by atoms with van der Waals surface area (Å²) in [5.74, 6) is 0.263. The van der Waals surface area contributed by atoms with Crippen molar-refractivity contribution in [2.75, 3.05) is 5.32 Å². The minimum absolute atomic E-state index is 0.141. The van der Waals surface area contributed by atoms with Crippen LogP contribution in [0.15, 0.2) is 42.7 Å². The lowest BCUT2D eigenvalue weighted by atomic mass is 9.80. The molecule has 3 rings (SSSR count). The first-order valence-corrected chi connectivity index (χ1v) is 7.83. The molecular formula is C18H20FN3O. The number of halogens is 1. The van der Waals surface area contributed by atoms with Gasteiger partial charge in [-0.3, -0.25) is 9.78 Å². The van der Waals surface area contributed by atoms with Crippen LogP contribution in [0.5, 0.6) is 0 Å². The molecule has 1 amide bonds. The average molecular weight is 313 g/mol. The van der Waals surface area contributed by atoms with Crippen molar-refractivity contribution in [2.24, 2.45) is 11.7 Å². The zero-order valence-corrected chi connectivity index (χ0v) is 12.8. The molecule has 1 unspecified atom stereocenters. The Morgan fingerprint density at radius 3 is 2.83 bits per heavy atom. The minimum Gasteiger partial charge on any atom is -0.326 e. The van der Waals surface area contributed by atoms with E-state index in [-0.39, 0.29) is 5.69 Å². The van der Waals surface area contributed by atoms with Gasteiger partial charge < -0.3 is 11.1 Å². The number of pyridine rings is 1. The Morgan fingerprint density at radius 2 is 2.17 bits per heavy atom. The van der Waals surface area contributed by atoms with Crippen molar-refractivity contribution in [3.8, 4) is 0 Å². The number of carbonyl (C=O) groups is 1. The van der Waals surface area contributed by atoms with E-state index in [1.165, 1.54) is 18.9 Å². The van der Waals surface area contributed by atoms with E-state index in [1.807, 2.05) is 12.1 Å². The third kappa shape index (κ3) is 3.40. The van der Waals surface area contributed by atoms with Gasteiger partial charge in [-0.2, -0.15) is 0 Å². The molecule has 23 heavy (non-hydrogen) atoms. The van der Waals surface area contributed by atoms with Gasteiger partial charge in [0.2, 0.25) is 6.41 Å². The van der Waals surface area contributed by atoms with Gasteiger partial charge in [0.15, 0.2) is 0 Å². The molecule has 1 heterocycles. The number of amides is 1. The van der Waals surface area contributed by atoms with Gasteiger partial charge in [-0.1, -0.05) is 25.0 Å². The van der Waals surface area contributed by atoms with E-state index in [9.17, 15) is 9.18 Å². The van der Waals surface area contributed by atoms with Crippen LogP contribution in [0.1, 0.15) is 36.8 Å². The molecule has 1 atom stereocenters. The predicted octanol–water partition coefficient (Wildman–Crippen LogP) is 3.18. The maximum absolute atomic E-state index is 13.8. The van der Waals surface area contributed by atoms with Gasteiger partial charge in [0, 0.05) is 12.4 Å². The smallest absolute Gasteiger partial charge is 0.211 e. The molecule has 1 fully saturated rings. The van der Waals surface area contributed by atoms with E-state index in [1.54, 1.807) is 24.5 Å². The molecule has 1 aliphatic carbocycles. The Balaban J connectivity index is 2.00. The summed E-state index contributed by atoms with van der Waals surface area (Å²) in [5.41, 5.74) is 7.82. The summed E-state index contributed by atoms with van der Waals surface area (Å²) in [6.45, 7) is 0. The lowest BCUT2D eigenvalue weighted by Crippen LogP contribution is -2.38. The number of hydrogen-bond donors (Lipinski definition) is 2. The number of nitrogens with one attached hydrogen (secondary N) is 1. The van der Waals surface area contributed by atoms with E-state index < -0.39 is 11.4 Å². The molecule has 120 valence electrons. The van der Waals surface area contributed by atoms with Crippen LogP contribution >= 0.6 is 0 Å². The fourth-order valence-corrected chi connectivity index (χ4v) is 2.90. The number of nitrogens with two attached hydrogens (primary N) is 1. The number of rotatable bonds is 7. The van der Waals surface area contributed by atoms with Crippen molar-refractivity contribution in [1.29, 1.82) is 0 Å². The topological polar surface area (TPSA) is 68.0 Å². The molecule has 0 aliphatic heterocycles. The SMILES string of the molecule is NC(CCC1CC1)(c1cccnc1)c1ccc(F)c(NC=O)c1. The number of benzene rings is 1. The van der Waals surface area contributed by atoms with Crippen molar-refractivity contribution in [3.63, 3.8) is 0 Å². The van der Waals surface area contributed by atoms with E-state index >= 15 is 0 Å². The van der Waals surface area contributed by atoms with Gasteiger partial charge in [0.1, 0.15) is 5.82 Å². The van der Waals surface area contributed by atoms with Crippen LogP contribution in [-0.4, -0.2) is 11.4 Å². The normalized spacial score (nSPS) is 16.6. The second kappa shape index (κ2) is 6.46. The number of nitrogens with zero attached hydrogens (tertiary/aromatic N) is 1. The molecular weight excluding hydrogens is 293 g/mol. The minimum atomic E-state index is -0.746. The van der Waals surface area contributed by atoms with Crippen molar-refractivity contribution >= 4 is 12.1 Å². The maximum atomic E-state index is 13.8. The van der Waals surface area contributed by atoms with Gasteiger partial charge in [-0.15, -0.1) is 0 Å². The first kappa shape index (κ1) is 15.6. The summed E-state index contributed by atoms with van der Waals surface area (Å²) in [4.78, 5) is 14.8. The van der Waals surface area contributed by atoms with Crippen molar-refractivity contribution in [2.45, 2.75) is 31.2 Å². The molecule has 1 aliphatic rings. The Hall–Kier alpha value is -2.27. The highest BCUT2D eigenvalue weighted by Gasteiger charge is 2.33. The number of hydrogen-bond acceptors (Lipinski definition) is 3. The van der Waals surface area contributed by atoms with Crippen LogP contribution in [-0.2, 0) is 10.3 Å². The fraction of sp³-hybridized carbons (Fsp3) is 0.333. The molecule has 1 aromatic heterocycles. The van der Waals surface area contributed by atoms with Crippen LogP contribution in [0.25, 0.3) is 0 Å². The van der Waals surface area contributed by atoms with Crippen LogP contribution in [0.3, 0.4) is 0 Å². The Labute approximate surface area is 134 Å². The molecule has 0 spiro atoms. The molecule has 5 heteroatoms. The van der Waals surface area contributed by atoms with Gasteiger partial charge in [0.05, 0.1) is 11.2 Å². The lowest BCUT2D eigenvalue weighted by Gasteiger charge is -2.31. The highest BCUT2D eigenvalue weighted by molar-refractivity contribution is 5.72. The quantitative estimate of drug-likeness (QED) is 0.771. The monoisotopic (exact) mass is 313 g/mol. The summed E-state index contributed by atoms with van der Waals surface area (Å²) in [5, 5.41) is 2.39. The van der Waals surface area contributed by atoms with Crippen molar-refractivity contribution in [3.05, 3.63) is 59.7 Å². The second-order valence-corrected chi connectivity index (χ2v) is 6.15.